The highest BCUT2D eigenvalue weighted by atomic mass is 16.5. The molecule has 0 aliphatic carbocycles. The predicted molar refractivity (Wildman–Crippen MR) is 69.9 cm³/mol. The highest BCUT2D eigenvalue weighted by Gasteiger charge is 2.24. The van der Waals surface area contributed by atoms with E-state index in [1.165, 1.54) is 32.8 Å². The fourth-order valence-corrected chi connectivity index (χ4v) is 2.56. The van der Waals surface area contributed by atoms with E-state index in [-0.39, 0.29) is 5.97 Å². The van der Waals surface area contributed by atoms with Crippen LogP contribution in [-0.2, 0) is 9.53 Å². The van der Waals surface area contributed by atoms with Crippen LogP contribution >= 0.6 is 0 Å². The molecule has 1 aliphatic rings. The Morgan fingerprint density at radius 1 is 1.41 bits per heavy atom. The van der Waals surface area contributed by atoms with E-state index in [0.717, 1.165) is 25.4 Å². The Morgan fingerprint density at radius 3 is 2.82 bits per heavy atom. The van der Waals surface area contributed by atoms with Gasteiger partial charge in [-0.15, -0.1) is 0 Å². The van der Waals surface area contributed by atoms with E-state index in [9.17, 15) is 4.79 Å². The molecule has 1 heterocycles. The van der Waals surface area contributed by atoms with Crippen LogP contribution in [0.1, 0.15) is 52.4 Å². The Labute approximate surface area is 106 Å². The van der Waals surface area contributed by atoms with Gasteiger partial charge in [-0.3, -0.25) is 9.69 Å². The monoisotopic (exact) mass is 241 g/mol. The van der Waals surface area contributed by atoms with Gasteiger partial charge in [-0.05, 0) is 44.7 Å². The van der Waals surface area contributed by atoms with E-state index in [1.807, 2.05) is 0 Å². The minimum atomic E-state index is -0.0641. The number of ether oxygens (including phenoxy) is 1. The number of likely N-dealkylation sites (tertiary alicyclic amines) is 1. The minimum Gasteiger partial charge on any atom is -0.469 e. The molecule has 1 atom stereocenters. The number of hydrogen-bond acceptors (Lipinski definition) is 3. The average Bonchev–Trinajstić information content (AvgIpc) is 2.30. The maximum absolute atomic E-state index is 11.4. The molecule has 3 nitrogen and oxygen atoms in total. The number of hydrogen-bond donors (Lipinski definition) is 0. The summed E-state index contributed by atoms with van der Waals surface area (Å²) in [4.78, 5) is 13.8. The summed E-state index contributed by atoms with van der Waals surface area (Å²) < 4.78 is 4.78. The van der Waals surface area contributed by atoms with E-state index < -0.39 is 0 Å². The minimum absolute atomic E-state index is 0.0641. The van der Waals surface area contributed by atoms with Crippen LogP contribution in [0.5, 0.6) is 0 Å². The van der Waals surface area contributed by atoms with Gasteiger partial charge in [-0.1, -0.05) is 20.3 Å². The van der Waals surface area contributed by atoms with Gasteiger partial charge in [-0.25, -0.2) is 0 Å². The van der Waals surface area contributed by atoms with Gasteiger partial charge >= 0.3 is 5.97 Å². The molecular formula is C14H27NO2. The lowest BCUT2D eigenvalue weighted by Gasteiger charge is -2.35. The Bertz CT molecular complexity index is 228. The molecule has 17 heavy (non-hydrogen) atoms. The van der Waals surface area contributed by atoms with Crippen molar-refractivity contribution in [3.8, 4) is 0 Å². The summed E-state index contributed by atoms with van der Waals surface area (Å²) in [6.45, 7) is 6.82. The van der Waals surface area contributed by atoms with Crippen LogP contribution in [0, 0.1) is 5.92 Å². The summed E-state index contributed by atoms with van der Waals surface area (Å²) in [5.74, 6) is 0.713. The Morgan fingerprint density at radius 2 is 2.18 bits per heavy atom. The molecule has 3 heteroatoms. The molecule has 1 aliphatic heterocycles. The van der Waals surface area contributed by atoms with E-state index in [0.29, 0.717) is 12.5 Å². The zero-order valence-electron chi connectivity index (χ0n) is 11.6. The first-order valence-electron chi connectivity index (χ1n) is 6.94. The van der Waals surface area contributed by atoms with Crippen LogP contribution in [0.15, 0.2) is 0 Å². The third kappa shape index (κ3) is 5.53. The molecule has 0 saturated carbocycles. The van der Waals surface area contributed by atoms with Crippen molar-refractivity contribution < 1.29 is 9.53 Å². The van der Waals surface area contributed by atoms with Crippen molar-refractivity contribution in [3.05, 3.63) is 0 Å². The molecule has 1 saturated heterocycles. The second-order valence-corrected chi connectivity index (χ2v) is 5.50. The van der Waals surface area contributed by atoms with E-state index in [4.69, 9.17) is 4.74 Å². The predicted octanol–water partition coefficient (Wildman–Crippen LogP) is 2.84. The second-order valence-electron chi connectivity index (χ2n) is 5.50. The van der Waals surface area contributed by atoms with Gasteiger partial charge in [0, 0.05) is 6.04 Å². The quantitative estimate of drug-likeness (QED) is 0.670. The normalized spacial score (nSPS) is 21.8. The van der Waals surface area contributed by atoms with Crippen molar-refractivity contribution in [3.63, 3.8) is 0 Å². The smallest absolute Gasteiger partial charge is 0.307 e. The summed E-state index contributed by atoms with van der Waals surface area (Å²) in [7, 11) is 1.48. The fourth-order valence-electron chi connectivity index (χ4n) is 2.56. The van der Waals surface area contributed by atoms with Gasteiger partial charge in [0.15, 0.2) is 0 Å². The lowest BCUT2D eigenvalue weighted by Crippen LogP contribution is -2.41. The molecule has 0 bridgehead atoms. The van der Waals surface area contributed by atoms with Gasteiger partial charge in [0.2, 0.25) is 0 Å². The number of rotatable bonds is 6. The first-order chi connectivity index (χ1) is 8.13. The van der Waals surface area contributed by atoms with E-state index in [2.05, 4.69) is 18.7 Å². The molecule has 0 N–H and O–H groups in total. The maximum Gasteiger partial charge on any atom is 0.307 e. The van der Waals surface area contributed by atoms with Crippen LogP contribution in [0.3, 0.4) is 0 Å². The second kappa shape index (κ2) is 7.70. The zero-order valence-corrected chi connectivity index (χ0v) is 11.6. The van der Waals surface area contributed by atoms with Gasteiger partial charge in [0.1, 0.15) is 0 Å². The molecule has 1 fully saturated rings. The number of carbonyl (C=O) groups excluding carboxylic acids is 1. The zero-order chi connectivity index (χ0) is 12.7. The molecule has 100 valence electrons. The summed E-state index contributed by atoms with van der Waals surface area (Å²) in [6, 6.07) is 0.420. The molecule has 0 aromatic heterocycles. The average molecular weight is 241 g/mol. The topological polar surface area (TPSA) is 29.5 Å². The Balaban J connectivity index is 2.34. The van der Waals surface area contributed by atoms with Gasteiger partial charge in [-0.2, -0.15) is 0 Å². The highest BCUT2D eigenvalue weighted by molar-refractivity contribution is 5.69. The van der Waals surface area contributed by atoms with Crippen LogP contribution in [-0.4, -0.2) is 37.1 Å². The van der Waals surface area contributed by atoms with Crippen molar-refractivity contribution >= 4 is 5.97 Å². The third-order valence-electron chi connectivity index (χ3n) is 3.61. The first kappa shape index (κ1) is 14.5. The number of methoxy groups -OCH3 is 1. The largest absolute Gasteiger partial charge is 0.469 e. The summed E-state index contributed by atoms with van der Waals surface area (Å²) in [5.41, 5.74) is 0. The molecule has 1 rings (SSSR count). The molecule has 0 aromatic rings. The van der Waals surface area contributed by atoms with Crippen LogP contribution in [0.25, 0.3) is 0 Å². The lowest BCUT2D eigenvalue weighted by atomic mass is 9.98. The summed E-state index contributed by atoms with van der Waals surface area (Å²) in [6.07, 6.45) is 6.77. The van der Waals surface area contributed by atoms with Crippen molar-refractivity contribution in [1.82, 2.24) is 4.90 Å². The fraction of sp³-hybridized carbons (Fsp3) is 0.929. The lowest BCUT2D eigenvalue weighted by molar-refractivity contribution is -0.142. The molecule has 0 amide bonds. The van der Waals surface area contributed by atoms with Crippen LogP contribution in [0.4, 0.5) is 0 Å². The van der Waals surface area contributed by atoms with Gasteiger partial charge < -0.3 is 4.74 Å². The number of nitrogens with zero attached hydrogens (tertiary/aromatic N) is 1. The SMILES string of the molecule is COC(=O)CC1CCCCN1CCCC(C)C. The van der Waals surface area contributed by atoms with Crippen LogP contribution < -0.4 is 0 Å². The molecule has 0 radical (unpaired) electrons. The number of esters is 1. The Kier molecular flexibility index (Phi) is 6.56. The molecule has 1 unspecified atom stereocenters. The molecule has 0 spiro atoms. The number of piperidine rings is 1. The van der Waals surface area contributed by atoms with E-state index >= 15 is 0 Å². The highest BCUT2D eigenvalue weighted by Crippen LogP contribution is 2.21. The first-order valence-corrected chi connectivity index (χ1v) is 6.94. The standard InChI is InChI=1S/C14H27NO2/c1-12(2)7-6-10-15-9-5-4-8-13(15)11-14(16)17-3/h12-13H,4-11H2,1-3H3. The van der Waals surface area contributed by atoms with Gasteiger partial charge in [0.05, 0.1) is 13.5 Å². The van der Waals surface area contributed by atoms with Crippen molar-refractivity contribution in [2.45, 2.75) is 58.4 Å². The number of carbonyl (C=O) groups is 1. The summed E-state index contributed by atoms with van der Waals surface area (Å²) in [5, 5.41) is 0. The van der Waals surface area contributed by atoms with Crippen molar-refractivity contribution in [1.29, 1.82) is 0 Å². The molecular weight excluding hydrogens is 214 g/mol. The Hall–Kier alpha value is -0.570. The van der Waals surface area contributed by atoms with E-state index in [1.54, 1.807) is 0 Å². The van der Waals surface area contributed by atoms with Crippen LogP contribution in [0.2, 0.25) is 0 Å². The summed E-state index contributed by atoms with van der Waals surface area (Å²) >= 11 is 0. The van der Waals surface area contributed by atoms with Gasteiger partial charge in [0.25, 0.3) is 0 Å². The third-order valence-corrected chi connectivity index (χ3v) is 3.61. The van der Waals surface area contributed by atoms with Crippen molar-refractivity contribution in [2.75, 3.05) is 20.2 Å². The molecule has 0 aromatic carbocycles. The van der Waals surface area contributed by atoms with Crippen molar-refractivity contribution in [2.24, 2.45) is 5.92 Å². The maximum atomic E-state index is 11.4.